The summed E-state index contributed by atoms with van der Waals surface area (Å²) in [7, 11) is 0. The van der Waals surface area contributed by atoms with Crippen LogP contribution in [0.2, 0.25) is 5.02 Å². The smallest absolute Gasteiger partial charge is 0.257 e. The Morgan fingerprint density at radius 3 is 2.65 bits per heavy atom. The van der Waals surface area contributed by atoms with E-state index in [9.17, 15) is 4.79 Å². The predicted molar refractivity (Wildman–Crippen MR) is 100 cm³/mol. The van der Waals surface area contributed by atoms with E-state index in [0.29, 0.717) is 16.5 Å². The Morgan fingerprint density at radius 2 is 1.96 bits per heavy atom. The summed E-state index contributed by atoms with van der Waals surface area (Å²) in [5, 5.41) is 6.57. The maximum absolute atomic E-state index is 12.2. The summed E-state index contributed by atoms with van der Waals surface area (Å²) in [5.74, 6) is 0.121. The van der Waals surface area contributed by atoms with Crippen LogP contribution in [0.1, 0.15) is 42.1 Å². The number of nitrogens with one attached hydrogen (secondary N) is 2. The summed E-state index contributed by atoms with van der Waals surface area (Å²) < 4.78 is 0. The van der Waals surface area contributed by atoms with E-state index < -0.39 is 0 Å². The summed E-state index contributed by atoms with van der Waals surface area (Å²) in [6, 6.07) is 14.7. The number of anilines is 1. The molecule has 2 rings (SSSR count). The fourth-order valence-corrected chi connectivity index (χ4v) is 2.61. The van der Waals surface area contributed by atoms with Crippen LogP contribution in [0.25, 0.3) is 0 Å². The highest BCUT2D eigenvalue weighted by molar-refractivity contribution is 7.80. The number of hydrogen-bond acceptors (Lipinski definition) is 2. The Balaban J connectivity index is 2.07. The van der Waals surface area contributed by atoms with Crippen LogP contribution in [0.4, 0.5) is 5.69 Å². The first-order valence-corrected chi connectivity index (χ1v) is 8.26. The quantitative estimate of drug-likeness (QED) is 0.767. The maximum Gasteiger partial charge on any atom is 0.257 e. The van der Waals surface area contributed by atoms with Crippen molar-refractivity contribution in [3.8, 4) is 0 Å². The Hall–Kier alpha value is -1.91. The first kappa shape index (κ1) is 17.4. The molecule has 0 bridgehead atoms. The Morgan fingerprint density at radius 1 is 1.22 bits per heavy atom. The lowest BCUT2D eigenvalue weighted by Gasteiger charge is -2.17. The van der Waals surface area contributed by atoms with E-state index in [-0.39, 0.29) is 11.0 Å². The molecule has 23 heavy (non-hydrogen) atoms. The molecule has 0 saturated carbocycles. The van der Waals surface area contributed by atoms with Crippen molar-refractivity contribution in [1.29, 1.82) is 0 Å². The molecule has 1 amide bonds. The number of benzene rings is 2. The van der Waals surface area contributed by atoms with Gasteiger partial charge in [-0.2, -0.15) is 0 Å². The minimum Gasteiger partial charge on any atom is -0.332 e. The van der Waals surface area contributed by atoms with Gasteiger partial charge in [0.2, 0.25) is 0 Å². The zero-order valence-corrected chi connectivity index (χ0v) is 14.7. The first-order valence-electron chi connectivity index (χ1n) is 7.48. The lowest BCUT2D eigenvalue weighted by atomic mass is 9.97. The third-order valence-electron chi connectivity index (χ3n) is 3.67. The van der Waals surface area contributed by atoms with Crippen LogP contribution >= 0.6 is 23.8 Å². The van der Waals surface area contributed by atoms with Gasteiger partial charge in [-0.3, -0.25) is 10.1 Å². The van der Waals surface area contributed by atoms with E-state index in [0.717, 1.165) is 12.1 Å². The zero-order valence-electron chi connectivity index (χ0n) is 13.1. The highest BCUT2D eigenvalue weighted by Crippen LogP contribution is 2.26. The minimum atomic E-state index is -0.286. The number of rotatable bonds is 4. The maximum atomic E-state index is 12.2. The van der Waals surface area contributed by atoms with Gasteiger partial charge in [-0.1, -0.05) is 49.7 Å². The topological polar surface area (TPSA) is 41.1 Å². The molecule has 2 aromatic rings. The molecule has 120 valence electrons. The molecular formula is C18H19ClN2OS. The predicted octanol–water partition coefficient (Wildman–Crippen LogP) is 4.98. The lowest BCUT2D eigenvalue weighted by Crippen LogP contribution is -2.34. The molecule has 0 aliphatic carbocycles. The minimum absolute atomic E-state index is 0.269. The molecule has 3 nitrogen and oxygen atoms in total. The van der Waals surface area contributed by atoms with Gasteiger partial charge in [0.25, 0.3) is 5.91 Å². The number of halogens is 1. The molecule has 0 saturated heterocycles. The third kappa shape index (κ3) is 4.78. The van der Waals surface area contributed by atoms with Crippen molar-refractivity contribution < 1.29 is 4.79 Å². The molecular weight excluding hydrogens is 328 g/mol. The van der Waals surface area contributed by atoms with Crippen molar-refractivity contribution in [2.24, 2.45) is 0 Å². The van der Waals surface area contributed by atoms with Crippen LogP contribution in [0.5, 0.6) is 0 Å². The van der Waals surface area contributed by atoms with Crippen molar-refractivity contribution in [1.82, 2.24) is 5.32 Å². The molecule has 5 heteroatoms. The van der Waals surface area contributed by atoms with Crippen LogP contribution in [-0.4, -0.2) is 11.0 Å². The number of carbonyl (C=O) groups excluding carboxylic acids is 1. The molecule has 0 unspecified atom stereocenters. The Labute approximate surface area is 147 Å². The van der Waals surface area contributed by atoms with Crippen LogP contribution in [0, 0.1) is 0 Å². The number of amides is 1. The number of para-hydroxylation sites is 1. The van der Waals surface area contributed by atoms with Gasteiger partial charge in [-0.05, 0) is 54.4 Å². The molecule has 0 aromatic heterocycles. The van der Waals surface area contributed by atoms with Crippen molar-refractivity contribution in [2.45, 2.75) is 26.2 Å². The van der Waals surface area contributed by atoms with Gasteiger partial charge < -0.3 is 5.32 Å². The fraction of sp³-hybridized carbons (Fsp3) is 0.222. The Bertz CT molecular complexity index is 718. The highest BCUT2D eigenvalue weighted by atomic mass is 35.5. The fourth-order valence-electron chi connectivity index (χ4n) is 2.22. The number of hydrogen-bond donors (Lipinski definition) is 2. The second kappa shape index (κ2) is 8.09. The average molecular weight is 347 g/mol. The standard InChI is InChI=1S/C18H19ClN2OS/c1-3-12(2)15-9-4-5-10-16(15)20-18(23)21-17(22)13-7-6-8-14(19)11-13/h4-12H,3H2,1-2H3,(H2,20,21,22,23)/t12-/m0/s1. The molecule has 1 atom stereocenters. The van der Waals surface area contributed by atoms with E-state index in [1.54, 1.807) is 24.3 Å². The monoisotopic (exact) mass is 346 g/mol. The first-order chi connectivity index (χ1) is 11.0. The van der Waals surface area contributed by atoms with E-state index in [1.165, 1.54) is 5.56 Å². The van der Waals surface area contributed by atoms with Crippen molar-refractivity contribution in [2.75, 3.05) is 5.32 Å². The highest BCUT2D eigenvalue weighted by Gasteiger charge is 2.12. The normalized spacial score (nSPS) is 11.6. The molecule has 0 radical (unpaired) electrons. The van der Waals surface area contributed by atoms with Gasteiger partial charge in [0.15, 0.2) is 5.11 Å². The average Bonchev–Trinajstić information content (AvgIpc) is 2.54. The summed E-state index contributed by atoms with van der Waals surface area (Å²) in [4.78, 5) is 12.2. The van der Waals surface area contributed by atoms with Crippen LogP contribution in [0.15, 0.2) is 48.5 Å². The summed E-state index contributed by atoms with van der Waals surface area (Å²) in [6.07, 6.45) is 1.03. The Kier molecular flexibility index (Phi) is 6.13. The van der Waals surface area contributed by atoms with Crippen LogP contribution in [0.3, 0.4) is 0 Å². The van der Waals surface area contributed by atoms with E-state index in [2.05, 4.69) is 30.5 Å². The lowest BCUT2D eigenvalue weighted by molar-refractivity contribution is 0.0977. The second-order valence-corrected chi connectivity index (χ2v) is 6.16. The molecule has 2 aromatic carbocycles. The van der Waals surface area contributed by atoms with Gasteiger partial charge >= 0.3 is 0 Å². The molecule has 0 fully saturated rings. The van der Waals surface area contributed by atoms with Gasteiger partial charge in [0, 0.05) is 16.3 Å². The molecule has 0 heterocycles. The second-order valence-electron chi connectivity index (χ2n) is 5.32. The number of thiocarbonyl (C=S) groups is 1. The van der Waals surface area contributed by atoms with Gasteiger partial charge in [-0.25, -0.2) is 0 Å². The van der Waals surface area contributed by atoms with E-state index >= 15 is 0 Å². The SMILES string of the molecule is CC[C@H](C)c1ccccc1NC(=S)NC(=O)c1cccc(Cl)c1. The van der Waals surface area contributed by atoms with E-state index in [4.69, 9.17) is 23.8 Å². The molecule has 0 spiro atoms. The molecule has 0 aliphatic rings. The summed E-state index contributed by atoms with van der Waals surface area (Å²) in [6.45, 7) is 4.30. The largest absolute Gasteiger partial charge is 0.332 e. The third-order valence-corrected chi connectivity index (χ3v) is 4.11. The van der Waals surface area contributed by atoms with Crippen molar-refractivity contribution >= 4 is 40.5 Å². The van der Waals surface area contributed by atoms with Gasteiger partial charge in [0.1, 0.15) is 0 Å². The van der Waals surface area contributed by atoms with Crippen molar-refractivity contribution in [3.05, 3.63) is 64.7 Å². The van der Waals surface area contributed by atoms with Crippen molar-refractivity contribution in [3.63, 3.8) is 0 Å². The number of carbonyl (C=O) groups is 1. The summed E-state index contributed by atoms with van der Waals surface area (Å²) >= 11 is 11.1. The molecule has 2 N–H and O–H groups in total. The van der Waals surface area contributed by atoms with Crippen LogP contribution < -0.4 is 10.6 Å². The van der Waals surface area contributed by atoms with Gasteiger partial charge in [0.05, 0.1) is 0 Å². The van der Waals surface area contributed by atoms with Gasteiger partial charge in [-0.15, -0.1) is 0 Å². The zero-order chi connectivity index (χ0) is 16.8. The van der Waals surface area contributed by atoms with E-state index in [1.807, 2.05) is 18.2 Å². The van der Waals surface area contributed by atoms with Crippen LogP contribution in [-0.2, 0) is 0 Å². The summed E-state index contributed by atoms with van der Waals surface area (Å²) in [5.41, 5.74) is 2.56. The molecule has 0 aliphatic heterocycles.